The molecule has 0 bridgehead atoms. The minimum Gasteiger partial charge on any atom is -0.466 e. The van der Waals surface area contributed by atoms with Crippen LogP contribution in [0.15, 0.2) is 35.3 Å². The van der Waals surface area contributed by atoms with Gasteiger partial charge in [-0.3, -0.25) is 19.2 Å². The number of likely N-dealkylation sites (N-methyl/N-ethyl adjacent to an activating group) is 1. The standard InChI is InChI=1S/C21H26N4O5/c1-3-30-21(29)16-8-6-10-24(12-16)19(27)13-23(2)18(26)14-25-20(28)17-9-5-4-7-15(17)11-22-25/h4-5,7,9,11,16H,3,6,8,10,12-14H2,1-2H3. The molecule has 0 spiro atoms. The number of rotatable bonds is 6. The molecule has 1 saturated heterocycles. The molecule has 0 saturated carbocycles. The molecule has 9 heteroatoms. The second-order valence-corrected chi connectivity index (χ2v) is 7.38. The number of nitrogens with zero attached hydrogens (tertiary/aromatic N) is 4. The number of piperidine rings is 1. The van der Waals surface area contributed by atoms with Crippen molar-refractivity contribution in [2.45, 2.75) is 26.3 Å². The molecular weight excluding hydrogens is 388 g/mol. The SMILES string of the molecule is CCOC(=O)C1CCCN(C(=O)CN(C)C(=O)Cn2ncc3ccccc3c2=O)C1. The number of aromatic nitrogens is 2. The molecule has 2 amide bonds. The highest BCUT2D eigenvalue weighted by atomic mass is 16.5. The minimum absolute atomic E-state index is 0.128. The molecule has 0 N–H and O–H groups in total. The molecule has 1 unspecified atom stereocenters. The van der Waals surface area contributed by atoms with Gasteiger partial charge in [0.15, 0.2) is 0 Å². The maximum absolute atomic E-state index is 12.6. The van der Waals surface area contributed by atoms with Crippen molar-refractivity contribution in [1.82, 2.24) is 19.6 Å². The van der Waals surface area contributed by atoms with Crippen molar-refractivity contribution >= 4 is 28.6 Å². The Bertz CT molecular complexity index is 1000. The molecule has 160 valence electrons. The first-order valence-electron chi connectivity index (χ1n) is 10.0. The van der Waals surface area contributed by atoms with Gasteiger partial charge in [0.2, 0.25) is 11.8 Å². The van der Waals surface area contributed by atoms with Gasteiger partial charge in [0, 0.05) is 25.5 Å². The molecule has 0 aliphatic carbocycles. The van der Waals surface area contributed by atoms with Crippen molar-refractivity contribution in [3.8, 4) is 0 Å². The van der Waals surface area contributed by atoms with E-state index >= 15 is 0 Å². The number of benzene rings is 1. The van der Waals surface area contributed by atoms with E-state index < -0.39 is 5.91 Å². The maximum Gasteiger partial charge on any atom is 0.310 e. The first-order chi connectivity index (χ1) is 14.4. The van der Waals surface area contributed by atoms with E-state index in [0.29, 0.717) is 43.3 Å². The Labute approximate surface area is 174 Å². The van der Waals surface area contributed by atoms with E-state index in [1.54, 1.807) is 36.2 Å². The number of hydrogen-bond acceptors (Lipinski definition) is 6. The number of carbonyl (C=O) groups excluding carboxylic acids is 3. The molecule has 9 nitrogen and oxygen atoms in total. The van der Waals surface area contributed by atoms with Crippen molar-refractivity contribution in [2.75, 3.05) is 33.3 Å². The van der Waals surface area contributed by atoms with Crippen LogP contribution >= 0.6 is 0 Å². The van der Waals surface area contributed by atoms with E-state index in [1.807, 2.05) is 6.07 Å². The average Bonchev–Trinajstić information content (AvgIpc) is 2.76. The lowest BCUT2D eigenvalue weighted by Gasteiger charge is -2.32. The highest BCUT2D eigenvalue weighted by molar-refractivity contribution is 5.85. The molecule has 0 radical (unpaired) electrons. The summed E-state index contributed by atoms with van der Waals surface area (Å²) < 4.78 is 6.16. The van der Waals surface area contributed by atoms with Crippen LogP contribution in [-0.4, -0.2) is 70.7 Å². The first kappa shape index (κ1) is 21.5. The van der Waals surface area contributed by atoms with Crippen LogP contribution in [-0.2, 0) is 25.7 Å². The molecule has 1 aromatic carbocycles. The third-order valence-electron chi connectivity index (χ3n) is 5.24. The van der Waals surface area contributed by atoms with Crippen LogP contribution in [0.5, 0.6) is 0 Å². The molecule has 1 aromatic heterocycles. The van der Waals surface area contributed by atoms with Gasteiger partial charge in [-0.25, -0.2) is 4.68 Å². The Balaban J connectivity index is 1.60. The number of carbonyl (C=O) groups is 3. The fraction of sp³-hybridized carbons (Fsp3) is 0.476. The summed E-state index contributed by atoms with van der Waals surface area (Å²) in [5.41, 5.74) is -0.352. The maximum atomic E-state index is 12.6. The monoisotopic (exact) mass is 414 g/mol. The zero-order valence-electron chi connectivity index (χ0n) is 17.2. The van der Waals surface area contributed by atoms with Crippen molar-refractivity contribution in [2.24, 2.45) is 5.92 Å². The van der Waals surface area contributed by atoms with Crippen LogP contribution in [0.4, 0.5) is 0 Å². The molecule has 1 aliphatic heterocycles. The zero-order valence-corrected chi connectivity index (χ0v) is 17.2. The predicted octanol–water partition coefficient (Wildman–Crippen LogP) is 0.657. The molecule has 2 heterocycles. The summed E-state index contributed by atoms with van der Waals surface area (Å²) in [4.78, 5) is 52.5. The van der Waals surface area contributed by atoms with Crippen LogP contribution in [0, 0.1) is 5.92 Å². The molecular formula is C21H26N4O5. The van der Waals surface area contributed by atoms with Crippen LogP contribution in [0.3, 0.4) is 0 Å². The highest BCUT2D eigenvalue weighted by Gasteiger charge is 2.30. The molecule has 1 fully saturated rings. The van der Waals surface area contributed by atoms with Gasteiger partial charge in [0.1, 0.15) is 6.54 Å². The average molecular weight is 414 g/mol. The van der Waals surface area contributed by atoms with E-state index in [9.17, 15) is 19.2 Å². The van der Waals surface area contributed by atoms with Gasteiger partial charge >= 0.3 is 5.97 Å². The molecule has 1 aliphatic rings. The lowest BCUT2D eigenvalue weighted by molar-refractivity contribution is -0.152. The summed E-state index contributed by atoms with van der Waals surface area (Å²) in [5.74, 6) is -1.25. The third kappa shape index (κ3) is 4.84. The summed E-state index contributed by atoms with van der Waals surface area (Å²) >= 11 is 0. The van der Waals surface area contributed by atoms with E-state index in [-0.39, 0.29) is 36.4 Å². The fourth-order valence-corrected chi connectivity index (χ4v) is 3.54. The largest absolute Gasteiger partial charge is 0.466 e. The van der Waals surface area contributed by atoms with Gasteiger partial charge in [-0.15, -0.1) is 0 Å². The van der Waals surface area contributed by atoms with E-state index in [1.165, 1.54) is 11.9 Å². The molecule has 2 aromatic rings. The minimum atomic E-state index is -0.396. The summed E-state index contributed by atoms with van der Waals surface area (Å²) in [6.07, 6.45) is 2.94. The van der Waals surface area contributed by atoms with Gasteiger partial charge in [-0.1, -0.05) is 18.2 Å². The quantitative estimate of drug-likeness (QED) is 0.644. The van der Waals surface area contributed by atoms with Crippen LogP contribution in [0.25, 0.3) is 10.8 Å². The highest BCUT2D eigenvalue weighted by Crippen LogP contribution is 2.18. The van der Waals surface area contributed by atoms with E-state index in [4.69, 9.17) is 4.74 Å². The molecule has 30 heavy (non-hydrogen) atoms. The van der Waals surface area contributed by atoms with Crippen LogP contribution in [0.2, 0.25) is 0 Å². The Hall–Kier alpha value is -3.23. The van der Waals surface area contributed by atoms with Gasteiger partial charge in [-0.2, -0.15) is 5.10 Å². The Morgan fingerprint density at radius 2 is 2.03 bits per heavy atom. The second kappa shape index (κ2) is 9.51. The van der Waals surface area contributed by atoms with Gasteiger partial charge < -0.3 is 14.5 Å². The summed E-state index contributed by atoms with van der Waals surface area (Å²) in [6, 6.07) is 7.03. The van der Waals surface area contributed by atoms with Crippen LogP contribution in [0.1, 0.15) is 19.8 Å². The first-order valence-corrected chi connectivity index (χ1v) is 10.0. The molecule has 1 atom stereocenters. The normalized spacial score (nSPS) is 16.3. The number of fused-ring (bicyclic) bond motifs is 1. The van der Waals surface area contributed by atoms with Gasteiger partial charge in [-0.05, 0) is 25.8 Å². The Morgan fingerprint density at radius 3 is 2.80 bits per heavy atom. The van der Waals surface area contributed by atoms with E-state index in [2.05, 4.69) is 5.10 Å². The third-order valence-corrected chi connectivity index (χ3v) is 5.24. The van der Waals surface area contributed by atoms with Crippen molar-refractivity contribution in [1.29, 1.82) is 0 Å². The smallest absolute Gasteiger partial charge is 0.310 e. The van der Waals surface area contributed by atoms with Crippen molar-refractivity contribution < 1.29 is 19.1 Å². The summed E-state index contributed by atoms with van der Waals surface area (Å²) in [7, 11) is 1.51. The fourth-order valence-electron chi connectivity index (χ4n) is 3.54. The zero-order chi connectivity index (χ0) is 21.7. The van der Waals surface area contributed by atoms with E-state index in [0.717, 1.165) is 4.68 Å². The number of ether oxygens (including phenoxy) is 1. The number of esters is 1. The number of likely N-dealkylation sites (tertiary alicyclic amines) is 1. The predicted molar refractivity (Wildman–Crippen MR) is 110 cm³/mol. The number of hydrogen-bond donors (Lipinski definition) is 0. The molecule has 3 rings (SSSR count). The second-order valence-electron chi connectivity index (χ2n) is 7.38. The Kier molecular flexibility index (Phi) is 6.81. The topological polar surface area (TPSA) is 102 Å². The van der Waals surface area contributed by atoms with Crippen molar-refractivity contribution in [3.05, 3.63) is 40.8 Å². The van der Waals surface area contributed by atoms with Gasteiger partial charge in [0.25, 0.3) is 5.56 Å². The number of amides is 2. The Morgan fingerprint density at radius 1 is 1.27 bits per heavy atom. The summed E-state index contributed by atoms with van der Waals surface area (Å²) in [5, 5.41) is 5.24. The summed E-state index contributed by atoms with van der Waals surface area (Å²) in [6.45, 7) is 2.52. The van der Waals surface area contributed by atoms with Crippen molar-refractivity contribution in [3.63, 3.8) is 0 Å². The lowest BCUT2D eigenvalue weighted by atomic mass is 9.98. The van der Waals surface area contributed by atoms with Crippen LogP contribution < -0.4 is 5.56 Å². The lowest BCUT2D eigenvalue weighted by Crippen LogP contribution is -2.47. The van der Waals surface area contributed by atoms with Gasteiger partial charge in [0.05, 0.1) is 30.7 Å².